The van der Waals surface area contributed by atoms with Crippen LogP contribution in [-0.4, -0.2) is 36.9 Å². The summed E-state index contributed by atoms with van der Waals surface area (Å²) in [5, 5.41) is 5.70. The fraction of sp³-hybridized carbons (Fsp3) is 0.538. The topological polar surface area (TPSA) is 72.5 Å². The van der Waals surface area contributed by atoms with Crippen LogP contribution in [0.2, 0.25) is 0 Å². The molecule has 0 bridgehead atoms. The van der Waals surface area contributed by atoms with Gasteiger partial charge in [-0.05, 0) is 32.9 Å². The normalized spacial score (nSPS) is 10.9. The molecular formula is C13H21N3O3. The highest BCUT2D eigenvalue weighted by molar-refractivity contribution is 5.84. The van der Waals surface area contributed by atoms with E-state index >= 15 is 0 Å². The Labute approximate surface area is 113 Å². The predicted octanol–water partition coefficient (Wildman–Crippen LogP) is 2.49. The molecule has 2 N–H and O–H groups in total. The first-order chi connectivity index (χ1) is 8.90. The molecule has 0 aliphatic rings. The molecule has 19 heavy (non-hydrogen) atoms. The van der Waals surface area contributed by atoms with Gasteiger partial charge in [-0.2, -0.15) is 0 Å². The number of carbonyl (C=O) groups excluding carboxylic acids is 1. The van der Waals surface area contributed by atoms with Crippen molar-refractivity contribution < 1.29 is 14.3 Å². The summed E-state index contributed by atoms with van der Waals surface area (Å²) < 4.78 is 10.1. The van der Waals surface area contributed by atoms with Gasteiger partial charge in [0.25, 0.3) is 0 Å². The average Bonchev–Trinajstić information content (AvgIpc) is 2.29. The average molecular weight is 267 g/mol. The van der Waals surface area contributed by atoms with Gasteiger partial charge in [0, 0.05) is 13.7 Å². The van der Waals surface area contributed by atoms with Gasteiger partial charge in [0.05, 0.1) is 18.5 Å². The van der Waals surface area contributed by atoms with E-state index < -0.39 is 11.7 Å². The molecule has 1 aromatic rings. The number of carbonyl (C=O) groups is 1. The SMILES string of the molecule is COCCNc1ccc(NC(=O)OC(C)(C)C)cn1. The monoisotopic (exact) mass is 267 g/mol. The lowest BCUT2D eigenvalue weighted by Crippen LogP contribution is -2.27. The molecule has 0 radical (unpaired) electrons. The van der Waals surface area contributed by atoms with Gasteiger partial charge in [-0.25, -0.2) is 9.78 Å². The molecule has 0 fully saturated rings. The van der Waals surface area contributed by atoms with Gasteiger partial charge in [0.1, 0.15) is 11.4 Å². The first-order valence-electron chi connectivity index (χ1n) is 6.09. The Morgan fingerprint density at radius 1 is 1.37 bits per heavy atom. The van der Waals surface area contributed by atoms with E-state index in [1.165, 1.54) is 0 Å². The summed E-state index contributed by atoms with van der Waals surface area (Å²) in [5.41, 5.74) is 0.0747. The van der Waals surface area contributed by atoms with Crippen molar-refractivity contribution in [3.05, 3.63) is 18.3 Å². The third-order valence-electron chi connectivity index (χ3n) is 2.02. The number of aromatic nitrogens is 1. The Hall–Kier alpha value is -1.82. The van der Waals surface area contributed by atoms with Gasteiger partial charge >= 0.3 is 6.09 Å². The number of amides is 1. The van der Waals surface area contributed by atoms with Gasteiger partial charge in [0.2, 0.25) is 0 Å². The maximum Gasteiger partial charge on any atom is 0.412 e. The summed E-state index contributed by atoms with van der Waals surface area (Å²) in [7, 11) is 1.64. The molecule has 0 spiro atoms. The number of nitrogens with zero attached hydrogens (tertiary/aromatic N) is 1. The largest absolute Gasteiger partial charge is 0.444 e. The molecule has 1 aromatic heterocycles. The Kier molecular flexibility index (Phi) is 5.57. The van der Waals surface area contributed by atoms with E-state index in [-0.39, 0.29) is 0 Å². The highest BCUT2D eigenvalue weighted by atomic mass is 16.6. The van der Waals surface area contributed by atoms with E-state index in [9.17, 15) is 4.79 Å². The Morgan fingerprint density at radius 3 is 2.63 bits per heavy atom. The summed E-state index contributed by atoms with van der Waals surface area (Å²) in [4.78, 5) is 15.7. The van der Waals surface area contributed by atoms with Crippen molar-refractivity contribution in [2.75, 3.05) is 30.9 Å². The molecule has 0 saturated heterocycles. The van der Waals surface area contributed by atoms with E-state index in [1.54, 1.807) is 25.4 Å². The van der Waals surface area contributed by atoms with Crippen LogP contribution >= 0.6 is 0 Å². The standard InChI is InChI=1S/C13H21N3O3/c1-13(2,3)19-12(17)16-10-5-6-11(15-9-10)14-7-8-18-4/h5-6,9H,7-8H2,1-4H3,(H,14,15)(H,16,17). The minimum absolute atomic E-state index is 0.491. The maximum absolute atomic E-state index is 11.5. The number of methoxy groups -OCH3 is 1. The van der Waals surface area contributed by atoms with Gasteiger partial charge in [-0.3, -0.25) is 5.32 Å². The molecule has 0 aromatic carbocycles. The summed E-state index contributed by atoms with van der Waals surface area (Å²) in [6, 6.07) is 3.54. The number of pyridine rings is 1. The van der Waals surface area contributed by atoms with Crippen molar-refractivity contribution >= 4 is 17.6 Å². The fourth-order valence-electron chi connectivity index (χ4n) is 1.27. The molecule has 6 heteroatoms. The number of anilines is 2. The van der Waals surface area contributed by atoms with Crippen LogP contribution in [0, 0.1) is 0 Å². The lowest BCUT2D eigenvalue weighted by molar-refractivity contribution is 0.0636. The van der Waals surface area contributed by atoms with Crippen LogP contribution < -0.4 is 10.6 Å². The summed E-state index contributed by atoms with van der Waals surface area (Å²) in [6.45, 7) is 6.73. The van der Waals surface area contributed by atoms with Crippen molar-refractivity contribution in [1.82, 2.24) is 4.98 Å². The maximum atomic E-state index is 11.5. The highest BCUT2D eigenvalue weighted by Crippen LogP contribution is 2.12. The molecule has 1 rings (SSSR count). The number of hydrogen-bond acceptors (Lipinski definition) is 5. The molecule has 106 valence electrons. The van der Waals surface area contributed by atoms with E-state index in [1.807, 2.05) is 20.8 Å². The number of nitrogens with one attached hydrogen (secondary N) is 2. The lowest BCUT2D eigenvalue weighted by Gasteiger charge is -2.19. The number of rotatable bonds is 5. The Balaban J connectivity index is 2.45. The minimum Gasteiger partial charge on any atom is -0.444 e. The van der Waals surface area contributed by atoms with Crippen molar-refractivity contribution in [1.29, 1.82) is 0 Å². The zero-order chi connectivity index (χ0) is 14.3. The van der Waals surface area contributed by atoms with Gasteiger partial charge in [0.15, 0.2) is 0 Å². The molecule has 0 aliphatic carbocycles. The van der Waals surface area contributed by atoms with Crippen molar-refractivity contribution in [2.24, 2.45) is 0 Å². The van der Waals surface area contributed by atoms with Crippen molar-refractivity contribution in [3.63, 3.8) is 0 Å². The summed E-state index contributed by atoms with van der Waals surface area (Å²) in [6.07, 6.45) is 1.08. The minimum atomic E-state index is -0.515. The Morgan fingerprint density at radius 2 is 2.11 bits per heavy atom. The van der Waals surface area contributed by atoms with E-state index in [0.29, 0.717) is 18.8 Å². The molecule has 0 atom stereocenters. The van der Waals surface area contributed by atoms with Crippen molar-refractivity contribution in [2.45, 2.75) is 26.4 Å². The van der Waals surface area contributed by atoms with Crippen LogP contribution in [0.25, 0.3) is 0 Å². The zero-order valence-corrected chi connectivity index (χ0v) is 11.8. The molecule has 1 heterocycles. The van der Waals surface area contributed by atoms with Gasteiger partial charge in [-0.15, -0.1) is 0 Å². The summed E-state index contributed by atoms with van der Waals surface area (Å²) >= 11 is 0. The van der Waals surface area contributed by atoms with Crippen LogP contribution in [0.15, 0.2) is 18.3 Å². The van der Waals surface area contributed by atoms with Gasteiger partial charge in [-0.1, -0.05) is 0 Å². The first kappa shape index (κ1) is 15.2. The van der Waals surface area contributed by atoms with E-state index in [2.05, 4.69) is 15.6 Å². The van der Waals surface area contributed by atoms with E-state index in [0.717, 1.165) is 5.82 Å². The number of ether oxygens (including phenoxy) is 2. The second-order valence-electron chi connectivity index (χ2n) is 4.98. The quantitative estimate of drug-likeness (QED) is 0.802. The molecule has 1 amide bonds. The van der Waals surface area contributed by atoms with Crippen LogP contribution in [-0.2, 0) is 9.47 Å². The summed E-state index contributed by atoms with van der Waals surface area (Å²) in [5.74, 6) is 0.729. The smallest absolute Gasteiger partial charge is 0.412 e. The zero-order valence-electron chi connectivity index (χ0n) is 11.8. The lowest BCUT2D eigenvalue weighted by atomic mass is 10.2. The van der Waals surface area contributed by atoms with E-state index in [4.69, 9.17) is 9.47 Å². The van der Waals surface area contributed by atoms with Crippen molar-refractivity contribution in [3.8, 4) is 0 Å². The Bertz CT molecular complexity index is 399. The van der Waals surface area contributed by atoms with Crippen LogP contribution in [0.1, 0.15) is 20.8 Å². The van der Waals surface area contributed by atoms with Crippen LogP contribution in [0.5, 0.6) is 0 Å². The predicted molar refractivity (Wildman–Crippen MR) is 74.5 cm³/mol. The molecule has 0 aliphatic heterocycles. The second kappa shape index (κ2) is 6.94. The highest BCUT2D eigenvalue weighted by Gasteiger charge is 2.16. The van der Waals surface area contributed by atoms with Crippen LogP contribution in [0.4, 0.5) is 16.3 Å². The molecule has 0 saturated carbocycles. The molecule has 6 nitrogen and oxygen atoms in total. The number of hydrogen-bond donors (Lipinski definition) is 2. The first-order valence-corrected chi connectivity index (χ1v) is 6.09. The molecular weight excluding hydrogens is 246 g/mol. The fourth-order valence-corrected chi connectivity index (χ4v) is 1.27. The third kappa shape index (κ3) is 6.61. The van der Waals surface area contributed by atoms with Gasteiger partial charge < -0.3 is 14.8 Å². The molecule has 0 unspecified atom stereocenters. The third-order valence-corrected chi connectivity index (χ3v) is 2.02. The second-order valence-corrected chi connectivity index (χ2v) is 4.98. The van der Waals surface area contributed by atoms with Crippen LogP contribution in [0.3, 0.4) is 0 Å².